The van der Waals surface area contributed by atoms with Gasteiger partial charge in [-0.05, 0) is 6.92 Å². The van der Waals surface area contributed by atoms with E-state index in [9.17, 15) is 19.8 Å². The lowest BCUT2D eigenvalue weighted by molar-refractivity contribution is -0.252. The molecular formula is C11H20N2O8. The molecule has 1 heterocycles. The summed E-state index contributed by atoms with van der Waals surface area (Å²) >= 11 is 0. The van der Waals surface area contributed by atoms with Gasteiger partial charge in [0.1, 0.15) is 30.6 Å². The van der Waals surface area contributed by atoms with Crippen molar-refractivity contribution in [3.05, 3.63) is 0 Å². The zero-order valence-corrected chi connectivity index (χ0v) is 11.6. The molecule has 1 rings (SSSR count). The standard InChI is InChI=1S/C11H20N2O8/c1-4(15)12-7-9(18)8(17)6(3-14)20-10(7)21-11(19)13-5(2)16/h5-10,14,16-18H,3H2,1-2H3,(H,12,15)(H,13,19)/t5?,6-,7-,8+,9-,10-/m1/s1. The highest BCUT2D eigenvalue weighted by Crippen LogP contribution is 2.22. The summed E-state index contributed by atoms with van der Waals surface area (Å²) in [4.78, 5) is 22.6. The SMILES string of the molecule is CC(=O)N[C@H]1[C@@H](OC(=O)NC(C)O)O[C@H](CO)[C@H](O)[C@@H]1O. The van der Waals surface area contributed by atoms with Crippen molar-refractivity contribution in [1.29, 1.82) is 0 Å². The molecule has 2 amide bonds. The quantitative estimate of drug-likeness (QED) is 0.300. The van der Waals surface area contributed by atoms with Gasteiger partial charge in [0.25, 0.3) is 0 Å². The van der Waals surface area contributed by atoms with Gasteiger partial charge in [-0.1, -0.05) is 0 Å². The average Bonchev–Trinajstić information content (AvgIpc) is 2.36. The summed E-state index contributed by atoms with van der Waals surface area (Å²) < 4.78 is 9.98. The molecule has 0 spiro atoms. The van der Waals surface area contributed by atoms with Crippen molar-refractivity contribution in [2.24, 2.45) is 0 Å². The van der Waals surface area contributed by atoms with Crippen LogP contribution in [0.15, 0.2) is 0 Å². The summed E-state index contributed by atoms with van der Waals surface area (Å²) in [6.45, 7) is 1.83. The van der Waals surface area contributed by atoms with Gasteiger partial charge in [0, 0.05) is 6.92 Å². The molecule has 1 fully saturated rings. The molecule has 0 aliphatic carbocycles. The van der Waals surface area contributed by atoms with Gasteiger partial charge in [-0.15, -0.1) is 0 Å². The Morgan fingerprint density at radius 1 is 1.33 bits per heavy atom. The molecule has 122 valence electrons. The molecule has 0 bridgehead atoms. The Morgan fingerprint density at radius 2 is 1.95 bits per heavy atom. The molecule has 0 saturated carbocycles. The second-order valence-electron chi connectivity index (χ2n) is 4.66. The Labute approximate surface area is 120 Å². The lowest BCUT2D eigenvalue weighted by Gasteiger charge is -2.41. The molecule has 0 aromatic carbocycles. The number of hydrogen-bond acceptors (Lipinski definition) is 8. The third-order valence-electron chi connectivity index (χ3n) is 2.80. The summed E-state index contributed by atoms with van der Waals surface area (Å²) in [6, 6.07) is -1.22. The van der Waals surface area contributed by atoms with Crippen LogP contribution in [0.4, 0.5) is 4.79 Å². The summed E-state index contributed by atoms with van der Waals surface area (Å²) in [7, 11) is 0. The number of nitrogens with one attached hydrogen (secondary N) is 2. The molecule has 0 aromatic rings. The maximum absolute atomic E-state index is 11.4. The summed E-state index contributed by atoms with van der Waals surface area (Å²) in [5.74, 6) is -0.540. The number of amides is 2. The van der Waals surface area contributed by atoms with Crippen LogP contribution < -0.4 is 10.6 Å². The maximum Gasteiger partial charge on any atom is 0.411 e. The minimum atomic E-state index is -1.51. The lowest BCUT2D eigenvalue weighted by Crippen LogP contribution is -2.65. The number of carbonyl (C=O) groups is 2. The van der Waals surface area contributed by atoms with Crippen molar-refractivity contribution in [2.45, 2.75) is 50.7 Å². The topological polar surface area (TPSA) is 158 Å². The van der Waals surface area contributed by atoms with E-state index in [1.807, 2.05) is 5.32 Å². The molecule has 6 atom stereocenters. The number of aliphatic hydroxyl groups excluding tert-OH is 4. The fraction of sp³-hybridized carbons (Fsp3) is 0.818. The van der Waals surface area contributed by atoms with E-state index < -0.39 is 55.5 Å². The molecular weight excluding hydrogens is 288 g/mol. The molecule has 21 heavy (non-hydrogen) atoms. The van der Waals surface area contributed by atoms with Crippen LogP contribution in [0, 0.1) is 0 Å². The first-order valence-corrected chi connectivity index (χ1v) is 6.31. The molecule has 0 radical (unpaired) electrons. The minimum Gasteiger partial charge on any atom is -0.417 e. The first-order chi connectivity index (χ1) is 9.76. The second-order valence-corrected chi connectivity index (χ2v) is 4.66. The number of ether oxygens (including phenoxy) is 2. The monoisotopic (exact) mass is 308 g/mol. The van der Waals surface area contributed by atoms with E-state index in [1.54, 1.807) is 0 Å². The lowest BCUT2D eigenvalue weighted by atomic mass is 9.97. The van der Waals surface area contributed by atoms with E-state index in [0.717, 1.165) is 0 Å². The summed E-state index contributed by atoms with van der Waals surface area (Å²) in [5, 5.41) is 42.1. The van der Waals surface area contributed by atoms with Crippen molar-refractivity contribution >= 4 is 12.0 Å². The van der Waals surface area contributed by atoms with Gasteiger partial charge in [0.15, 0.2) is 0 Å². The van der Waals surface area contributed by atoms with Crippen LogP contribution in [0.1, 0.15) is 13.8 Å². The van der Waals surface area contributed by atoms with Crippen LogP contribution in [0.25, 0.3) is 0 Å². The highest BCUT2D eigenvalue weighted by molar-refractivity contribution is 5.73. The van der Waals surface area contributed by atoms with Crippen LogP contribution in [0.3, 0.4) is 0 Å². The zero-order valence-electron chi connectivity index (χ0n) is 11.6. The van der Waals surface area contributed by atoms with E-state index >= 15 is 0 Å². The van der Waals surface area contributed by atoms with E-state index in [-0.39, 0.29) is 0 Å². The average molecular weight is 308 g/mol. The Morgan fingerprint density at radius 3 is 2.43 bits per heavy atom. The van der Waals surface area contributed by atoms with Gasteiger partial charge in [-0.25, -0.2) is 4.79 Å². The Kier molecular flexibility index (Phi) is 6.30. The Bertz CT molecular complexity index is 377. The molecule has 6 N–H and O–H groups in total. The number of alkyl carbamates (subject to hydrolysis) is 1. The fourth-order valence-corrected chi connectivity index (χ4v) is 1.88. The van der Waals surface area contributed by atoms with Crippen LogP contribution >= 0.6 is 0 Å². The smallest absolute Gasteiger partial charge is 0.411 e. The Hall–Kier alpha value is -1.46. The van der Waals surface area contributed by atoms with Gasteiger partial charge < -0.3 is 35.2 Å². The molecule has 1 aliphatic heterocycles. The first kappa shape index (κ1) is 17.6. The highest BCUT2D eigenvalue weighted by atomic mass is 16.7. The zero-order chi connectivity index (χ0) is 16.2. The minimum absolute atomic E-state index is 0.540. The van der Waals surface area contributed by atoms with E-state index in [4.69, 9.17) is 19.7 Å². The normalized spacial score (nSPS) is 33.9. The third kappa shape index (κ3) is 4.79. The highest BCUT2D eigenvalue weighted by Gasteiger charge is 2.46. The van der Waals surface area contributed by atoms with E-state index in [0.29, 0.717) is 0 Å². The van der Waals surface area contributed by atoms with Crippen molar-refractivity contribution < 1.29 is 39.5 Å². The van der Waals surface area contributed by atoms with Gasteiger partial charge in [-0.2, -0.15) is 0 Å². The van der Waals surface area contributed by atoms with Gasteiger partial charge in [-0.3, -0.25) is 10.1 Å². The van der Waals surface area contributed by atoms with Crippen LogP contribution in [-0.4, -0.2) is 75.9 Å². The Balaban J connectivity index is 2.83. The third-order valence-corrected chi connectivity index (χ3v) is 2.80. The van der Waals surface area contributed by atoms with Crippen molar-refractivity contribution in [1.82, 2.24) is 10.6 Å². The van der Waals surface area contributed by atoms with E-state index in [1.165, 1.54) is 13.8 Å². The molecule has 10 nitrogen and oxygen atoms in total. The van der Waals surface area contributed by atoms with Crippen molar-refractivity contribution in [2.75, 3.05) is 6.61 Å². The fourth-order valence-electron chi connectivity index (χ4n) is 1.88. The van der Waals surface area contributed by atoms with Crippen LogP contribution in [0.2, 0.25) is 0 Å². The van der Waals surface area contributed by atoms with Crippen LogP contribution in [-0.2, 0) is 14.3 Å². The molecule has 1 unspecified atom stereocenters. The molecule has 10 heteroatoms. The second kappa shape index (κ2) is 7.52. The van der Waals surface area contributed by atoms with Gasteiger partial charge in [0.05, 0.1) is 6.61 Å². The maximum atomic E-state index is 11.4. The van der Waals surface area contributed by atoms with Crippen molar-refractivity contribution in [3.63, 3.8) is 0 Å². The number of hydrogen-bond donors (Lipinski definition) is 6. The van der Waals surface area contributed by atoms with Crippen molar-refractivity contribution in [3.8, 4) is 0 Å². The van der Waals surface area contributed by atoms with Gasteiger partial charge in [0.2, 0.25) is 12.2 Å². The molecule has 1 saturated heterocycles. The predicted molar refractivity (Wildman–Crippen MR) is 66.7 cm³/mol. The molecule has 0 aromatic heterocycles. The first-order valence-electron chi connectivity index (χ1n) is 6.31. The van der Waals surface area contributed by atoms with Crippen LogP contribution in [0.5, 0.6) is 0 Å². The summed E-state index contributed by atoms with van der Waals surface area (Å²) in [6.07, 6.45) is -7.83. The van der Waals surface area contributed by atoms with E-state index in [2.05, 4.69) is 5.32 Å². The molecule has 1 aliphatic rings. The predicted octanol–water partition coefficient (Wildman–Crippen LogP) is -3.01. The number of rotatable bonds is 4. The number of carbonyl (C=O) groups excluding carboxylic acids is 2. The van der Waals surface area contributed by atoms with Gasteiger partial charge >= 0.3 is 6.09 Å². The summed E-state index contributed by atoms with van der Waals surface area (Å²) in [5.41, 5.74) is 0. The number of aliphatic hydroxyl groups is 4. The largest absolute Gasteiger partial charge is 0.417 e.